The van der Waals surface area contributed by atoms with E-state index in [1.54, 1.807) is 0 Å². The van der Waals surface area contributed by atoms with Crippen molar-refractivity contribution in [1.82, 2.24) is 9.80 Å². The van der Waals surface area contributed by atoms with Crippen molar-refractivity contribution >= 4 is 17.5 Å². The van der Waals surface area contributed by atoms with Gasteiger partial charge in [-0.25, -0.2) is 0 Å². The summed E-state index contributed by atoms with van der Waals surface area (Å²) in [5, 5.41) is 0. The number of unbranched alkanes of at least 4 members (excludes halogenated alkanes) is 3. The first kappa shape index (κ1) is 21.8. The van der Waals surface area contributed by atoms with Gasteiger partial charge in [-0.1, -0.05) is 26.2 Å². The topological polar surface area (TPSA) is 53.1 Å². The molecule has 0 N–H and O–H groups in total. The summed E-state index contributed by atoms with van der Waals surface area (Å²) < 4.78 is 5.43. The molecule has 2 aliphatic heterocycles. The van der Waals surface area contributed by atoms with Crippen LogP contribution < -0.4 is 4.90 Å². The van der Waals surface area contributed by atoms with E-state index in [0.717, 1.165) is 77.4 Å². The molecule has 2 heterocycles. The van der Waals surface area contributed by atoms with Gasteiger partial charge in [0.05, 0.1) is 13.2 Å². The van der Waals surface area contributed by atoms with Crippen LogP contribution in [0.1, 0.15) is 55.8 Å². The number of ether oxygens (including phenoxy) is 1. The maximum absolute atomic E-state index is 13.2. The predicted molar refractivity (Wildman–Crippen MR) is 115 cm³/mol. The van der Waals surface area contributed by atoms with Gasteiger partial charge in [-0.3, -0.25) is 14.5 Å². The molecule has 0 radical (unpaired) electrons. The number of carbonyl (C=O) groups is 2. The molecule has 0 saturated carbocycles. The van der Waals surface area contributed by atoms with Gasteiger partial charge in [0.25, 0.3) is 5.91 Å². The van der Waals surface area contributed by atoms with Gasteiger partial charge >= 0.3 is 0 Å². The van der Waals surface area contributed by atoms with Gasteiger partial charge in [-0.2, -0.15) is 0 Å². The van der Waals surface area contributed by atoms with Crippen LogP contribution in [-0.4, -0.2) is 74.1 Å². The molecule has 1 aromatic rings. The standard InChI is InChI=1S/C23H35N3O3/c1-2-3-4-5-12-25(15-14-24-16-18-29-19-17-24)23(28)20-8-10-21(11-9-20)26-13-6-7-22(26)27/h8-11H,2-7,12-19H2,1H3. The fraction of sp³-hybridized carbons (Fsp3) is 0.652. The smallest absolute Gasteiger partial charge is 0.253 e. The fourth-order valence-electron chi connectivity index (χ4n) is 4.02. The quantitative estimate of drug-likeness (QED) is 0.565. The molecule has 6 heteroatoms. The summed E-state index contributed by atoms with van der Waals surface area (Å²) in [5.74, 6) is 0.265. The van der Waals surface area contributed by atoms with E-state index in [0.29, 0.717) is 12.0 Å². The summed E-state index contributed by atoms with van der Waals surface area (Å²) in [6, 6.07) is 7.56. The molecule has 2 amide bonds. The molecule has 0 atom stereocenters. The lowest BCUT2D eigenvalue weighted by Gasteiger charge is -2.30. The van der Waals surface area contributed by atoms with Crippen molar-refractivity contribution in [2.75, 3.05) is 57.4 Å². The second-order valence-electron chi connectivity index (χ2n) is 8.00. The third kappa shape index (κ3) is 6.28. The van der Waals surface area contributed by atoms with Crippen LogP contribution in [0.3, 0.4) is 0 Å². The monoisotopic (exact) mass is 401 g/mol. The van der Waals surface area contributed by atoms with Gasteiger partial charge in [-0.15, -0.1) is 0 Å². The number of anilines is 1. The Labute approximate surface area is 174 Å². The zero-order chi connectivity index (χ0) is 20.5. The lowest BCUT2D eigenvalue weighted by molar-refractivity contribution is -0.117. The number of carbonyl (C=O) groups excluding carboxylic acids is 2. The number of nitrogens with zero attached hydrogens (tertiary/aromatic N) is 3. The molecule has 29 heavy (non-hydrogen) atoms. The van der Waals surface area contributed by atoms with Gasteiger partial charge in [0.15, 0.2) is 0 Å². The number of hydrogen-bond donors (Lipinski definition) is 0. The van der Waals surface area contributed by atoms with Crippen LogP contribution in [0.2, 0.25) is 0 Å². The van der Waals surface area contributed by atoms with E-state index in [-0.39, 0.29) is 11.8 Å². The van der Waals surface area contributed by atoms with Crippen molar-refractivity contribution in [3.63, 3.8) is 0 Å². The molecule has 0 unspecified atom stereocenters. The third-order valence-electron chi connectivity index (χ3n) is 5.86. The van der Waals surface area contributed by atoms with Gasteiger partial charge in [0.2, 0.25) is 5.91 Å². The lowest BCUT2D eigenvalue weighted by Crippen LogP contribution is -2.43. The van der Waals surface area contributed by atoms with Crippen molar-refractivity contribution in [3.8, 4) is 0 Å². The van der Waals surface area contributed by atoms with Crippen molar-refractivity contribution in [2.24, 2.45) is 0 Å². The van der Waals surface area contributed by atoms with Crippen LogP contribution in [0, 0.1) is 0 Å². The molecular weight excluding hydrogens is 366 g/mol. The van der Waals surface area contributed by atoms with Crippen LogP contribution in [0.4, 0.5) is 5.69 Å². The third-order valence-corrected chi connectivity index (χ3v) is 5.86. The molecule has 2 aliphatic rings. The maximum Gasteiger partial charge on any atom is 0.253 e. The number of hydrogen-bond acceptors (Lipinski definition) is 4. The number of morpholine rings is 1. The summed E-state index contributed by atoms with van der Waals surface area (Å²) >= 11 is 0. The highest BCUT2D eigenvalue weighted by atomic mass is 16.5. The Morgan fingerprint density at radius 2 is 1.79 bits per heavy atom. The van der Waals surface area contributed by atoms with E-state index >= 15 is 0 Å². The Balaban J connectivity index is 1.61. The second-order valence-corrected chi connectivity index (χ2v) is 8.00. The zero-order valence-corrected chi connectivity index (χ0v) is 17.8. The highest BCUT2D eigenvalue weighted by Crippen LogP contribution is 2.22. The zero-order valence-electron chi connectivity index (χ0n) is 17.8. The number of benzene rings is 1. The minimum absolute atomic E-state index is 0.0917. The van der Waals surface area contributed by atoms with E-state index in [4.69, 9.17) is 4.74 Å². The first-order chi connectivity index (χ1) is 14.2. The molecule has 0 aromatic heterocycles. The summed E-state index contributed by atoms with van der Waals surface area (Å²) in [6.45, 7) is 8.86. The molecule has 1 aromatic carbocycles. The highest BCUT2D eigenvalue weighted by molar-refractivity contribution is 5.97. The average molecular weight is 402 g/mol. The SMILES string of the molecule is CCCCCCN(CCN1CCOCC1)C(=O)c1ccc(N2CCCC2=O)cc1. The predicted octanol–water partition coefficient (Wildman–Crippen LogP) is 3.17. The largest absolute Gasteiger partial charge is 0.379 e. The summed E-state index contributed by atoms with van der Waals surface area (Å²) in [4.78, 5) is 31.3. The van der Waals surface area contributed by atoms with Crippen LogP contribution in [-0.2, 0) is 9.53 Å². The van der Waals surface area contributed by atoms with Crippen LogP contribution >= 0.6 is 0 Å². The highest BCUT2D eigenvalue weighted by Gasteiger charge is 2.22. The molecule has 0 aliphatic carbocycles. The summed E-state index contributed by atoms with van der Waals surface area (Å²) in [6.07, 6.45) is 6.14. The number of rotatable bonds is 10. The molecule has 2 fully saturated rings. The normalized spacial score (nSPS) is 17.7. The van der Waals surface area contributed by atoms with Crippen LogP contribution in [0.5, 0.6) is 0 Å². The Hall–Kier alpha value is -1.92. The molecular formula is C23H35N3O3. The first-order valence-corrected chi connectivity index (χ1v) is 11.2. The van der Waals surface area contributed by atoms with Crippen molar-refractivity contribution in [2.45, 2.75) is 45.4 Å². The lowest BCUT2D eigenvalue weighted by atomic mass is 10.1. The van der Waals surface area contributed by atoms with Crippen molar-refractivity contribution < 1.29 is 14.3 Å². The average Bonchev–Trinajstić information content (AvgIpc) is 3.19. The molecule has 0 spiro atoms. The first-order valence-electron chi connectivity index (χ1n) is 11.2. The second kappa shape index (κ2) is 11.3. The maximum atomic E-state index is 13.2. The molecule has 0 bridgehead atoms. The fourth-order valence-corrected chi connectivity index (χ4v) is 4.02. The minimum Gasteiger partial charge on any atom is -0.379 e. The molecule has 6 nitrogen and oxygen atoms in total. The van der Waals surface area contributed by atoms with Gasteiger partial charge < -0.3 is 14.5 Å². The van der Waals surface area contributed by atoms with Gasteiger partial charge in [-0.05, 0) is 37.1 Å². The van der Waals surface area contributed by atoms with E-state index in [1.165, 1.54) is 12.8 Å². The van der Waals surface area contributed by atoms with Crippen LogP contribution in [0.15, 0.2) is 24.3 Å². The van der Waals surface area contributed by atoms with Crippen molar-refractivity contribution in [1.29, 1.82) is 0 Å². The summed E-state index contributed by atoms with van der Waals surface area (Å²) in [5.41, 5.74) is 1.60. The Morgan fingerprint density at radius 1 is 1.03 bits per heavy atom. The molecule has 160 valence electrons. The Morgan fingerprint density at radius 3 is 2.45 bits per heavy atom. The van der Waals surface area contributed by atoms with E-state index in [1.807, 2.05) is 34.1 Å². The molecule has 3 rings (SSSR count). The number of amides is 2. The van der Waals surface area contributed by atoms with Crippen LogP contribution in [0.25, 0.3) is 0 Å². The van der Waals surface area contributed by atoms with Gasteiger partial charge in [0.1, 0.15) is 0 Å². The van der Waals surface area contributed by atoms with E-state index < -0.39 is 0 Å². The van der Waals surface area contributed by atoms with Crippen molar-refractivity contribution in [3.05, 3.63) is 29.8 Å². The Bertz CT molecular complexity index is 656. The van der Waals surface area contributed by atoms with E-state index in [9.17, 15) is 9.59 Å². The summed E-state index contributed by atoms with van der Waals surface area (Å²) in [7, 11) is 0. The van der Waals surface area contributed by atoms with E-state index in [2.05, 4.69) is 11.8 Å². The molecule has 2 saturated heterocycles. The Kier molecular flexibility index (Phi) is 8.50. The minimum atomic E-state index is 0.0917. The van der Waals surface area contributed by atoms with Gasteiger partial charge in [0, 0.05) is 56.9 Å².